The number of carbonyl (C=O) groups excluding carboxylic acids is 2. The van der Waals surface area contributed by atoms with Crippen molar-refractivity contribution in [3.05, 3.63) is 28.8 Å². The van der Waals surface area contributed by atoms with Crippen molar-refractivity contribution < 1.29 is 19.4 Å². The molecule has 0 saturated heterocycles. The van der Waals surface area contributed by atoms with Gasteiger partial charge in [-0.2, -0.15) is 0 Å². The maximum absolute atomic E-state index is 12.0. The highest BCUT2D eigenvalue weighted by Gasteiger charge is 2.28. The smallest absolute Gasteiger partial charge is 0.410 e. The number of aromatic hydroxyl groups is 1. The van der Waals surface area contributed by atoms with E-state index in [1.54, 1.807) is 26.8 Å². The summed E-state index contributed by atoms with van der Waals surface area (Å²) in [6.07, 6.45) is -0.107. The lowest BCUT2D eigenvalue weighted by molar-refractivity contribution is -0.112. The number of ether oxygens (including phenoxy) is 1. The highest BCUT2D eigenvalue weighted by molar-refractivity contribution is 6.32. The van der Waals surface area contributed by atoms with Crippen LogP contribution >= 0.6 is 11.6 Å². The fraction of sp³-hybridized carbons (Fsp3) is 0.429. The molecule has 1 N–H and O–H groups in total. The van der Waals surface area contributed by atoms with Crippen LogP contribution in [0.2, 0.25) is 5.02 Å². The molecule has 0 radical (unpaired) electrons. The minimum absolute atomic E-state index is 0.118. The number of phenols is 1. The van der Waals surface area contributed by atoms with Crippen LogP contribution in [0.4, 0.5) is 4.79 Å². The molecule has 20 heavy (non-hydrogen) atoms. The van der Waals surface area contributed by atoms with E-state index in [1.165, 1.54) is 19.2 Å². The lowest BCUT2D eigenvalue weighted by Crippen LogP contribution is -2.37. The quantitative estimate of drug-likeness (QED) is 0.871. The summed E-state index contributed by atoms with van der Waals surface area (Å²) in [4.78, 5) is 24.4. The summed E-state index contributed by atoms with van der Waals surface area (Å²) < 4.78 is 5.19. The Morgan fingerprint density at radius 3 is 2.55 bits per heavy atom. The Labute approximate surface area is 123 Å². The van der Waals surface area contributed by atoms with Gasteiger partial charge in [0.2, 0.25) is 0 Å². The average molecular weight is 300 g/mol. The topological polar surface area (TPSA) is 66.8 Å². The number of rotatable bonds is 3. The molecule has 0 saturated carbocycles. The number of hydrogen-bond donors (Lipinski definition) is 1. The molecule has 0 aliphatic heterocycles. The summed E-state index contributed by atoms with van der Waals surface area (Å²) in [6.45, 7) is 5.18. The number of nitrogens with zero attached hydrogens (tertiary/aromatic N) is 1. The summed E-state index contributed by atoms with van der Waals surface area (Å²) in [5.74, 6) is -0.221. The second kappa shape index (κ2) is 6.13. The first-order valence-electron chi connectivity index (χ1n) is 6.06. The van der Waals surface area contributed by atoms with Crippen molar-refractivity contribution in [1.29, 1.82) is 0 Å². The molecule has 0 aromatic heterocycles. The van der Waals surface area contributed by atoms with E-state index in [0.29, 0.717) is 6.29 Å². The van der Waals surface area contributed by atoms with E-state index < -0.39 is 17.7 Å². The summed E-state index contributed by atoms with van der Waals surface area (Å²) in [6, 6.07) is 3.65. The number of halogens is 1. The molecule has 1 rings (SSSR count). The molecule has 0 heterocycles. The molecular weight excluding hydrogens is 282 g/mol. The van der Waals surface area contributed by atoms with Crippen LogP contribution in [0.25, 0.3) is 0 Å². The Morgan fingerprint density at radius 2 is 2.05 bits per heavy atom. The Balaban J connectivity index is 3.04. The molecule has 1 aromatic carbocycles. The molecular formula is C14H18ClNO4. The van der Waals surface area contributed by atoms with E-state index in [4.69, 9.17) is 16.3 Å². The van der Waals surface area contributed by atoms with Gasteiger partial charge in [-0.15, -0.1) is 0 Å². The zero-order valence-electron chi connectivity index (χ0n) is 11.9. The predicted molar refractivity (Wildman–Crippen MR) is 75.9 cm³/mol. The van der Waals surface area contributed by atoms with Crippen molar-refractivity contribution in [3.8, 4) is 5.75 Å². The summed E-state index contributed by atoms with van der Waals surface area (Å²) in [5.41, 5.74) is -0.421. The second-order valence-electron chi connectivity index (χ2n) is 5.35. The molecule has 0 fully saturated rings. The predicted octanol–water partition coefficient (Wildman–Crippen LogP) is 3.15. The van der Waals surface area contributed by atoms with E-state index in [0.717, 1.165) is 4.90 Å². The number of amides is 1. The van der Waals surface area contributed by atoms with Crippen molar-refractivity contribution in [2.75, 3.05) is 7.05 Å². The summed E-state index contributed by atoms with van der Waals surface area (Å²) in [7, 11) is 1.42. The van der Waals surface area contributed by atoms with E-state index in [9.17, 15) is 14.7 Å². The van der Waals surface area contributed by atoms with Crippen LogP contribution in [0, 0.1) is 0 Å². The van der Waals surface area contributed by atoms with Crippen LogP contribution in [0.5, 0.6) is 5.75 Å². The lowest BCUT2D eigenvalue weighted by atomic mass is 10.1. The summed E-state index contributed by atoms with van der Waals surface area (Å²) >= 11 is 5.80. The van der Waals surface area contributed by atoms with E-state index in [2.05, 4.69) is 0 Å². The lowest BCUT2D eigenvalue weighted by Gasteiger charge is -2.28. The number of aldehydes is 1. The van der Waals surface area contributed by atoms with Crippen LogP contribution < -0.4 is 0 Å². The van der Waals surface area contributed by atoms with Gasteiger partial charge >= 0.3 is 6.09 Å². The highest BCUT2D eigenvalue weighted by Crippen LogP contribution is 2.33. The van der Waals surface area contributed by atoms with Crippen LogP contribution in [-0.4, -0.2) is 35.0 Å². The SMILES string of the molecule is CN(C(=O)OC(C)(C)C)C(C=O)c1cccc(Cl)c1O. The highest BCUT2D eigenvalue weighted by atomic mass is 35.5. The van der Waals surface area contributed by atoms with Crippen LogP contribution in [0.1, 0.15) is 32.4 Å². The van der Waals surface area contributed by atoms with Gasteiger partial charge in [0.05, 0.1) is 5.02 Å². The molecule has 110 valence electrons. The van der Waals surface area contributed by atoms with Gasteiger partial charge in [0.15, 0.2) is 0 Å². The van der Waals surface area contributed by atoms with Gasteiger partial charge < -0.3 is 14.6 Å². The Bertz CT molecular complexity index is 510. The molecule has 6 heteroatoms. The van der Waals surface area contributed by atoms with Crippen LogP contribution in [0.3, 0.4) is 0 Å². The normalized spacial score (nSPS) is 12.7. The third-order valence-electron chi connectivity index (χ3n) is 2.56. The molecule has 0 aliphatic rings. The number of phenolic OH excluding ortho intramolecular Hbond substituents is 1. The number of benzene rings is 1. The first-order valence-corrected chi connectivity index (χ1v) is 6.43. The second-order valence-corrected chi connectivity index (χ2v) is 5.76. The van der Waals surface area contributed by atoms with E-state index in [1.807, 2.05) is 0 Å². The van der Waals surface area contributed by atoms with Gasteiger partial charge in [0, 0.05) is 12.6 Å². The number of carbonyl (C=O) groups is 2. The van der Waals surface area contributed by atoms with Gasteiger partial charge in [-0.1, -0.05) is 23.7 Å². The van der Waals surface area contributed by atoms with Crippen LogP contribution in [0.15, 0.2) is 18.2 Å². The standard InChI is InChI=1S/C14H18ClNO4/c1-14(2,3)20-13(19)16(4)11(8-17)9-6-5-7-10(15)12(9)18/h5-8,11,18H,1-4H3. The molecule has 1 aromatic rings. The Hall–Kier alpha value is -1.75. The third kappa shape index (κ3) is 3.87. The monoisotopic (exact) mass is 299 g/mol. The molecule has 1 amide bonds. The van der Waals surface area contributed by atoms with Crippen molar-refractivity contribution in [1.82, 2.24) is 4.90 Å². The summed E-state index contributed by atoms with van der Waals surface area (Å²) in [5, 5.41) is 10.0. The number of para-hydroxylation sites is 1. The van der Waals surface area contributed by atoms with Gasteiger partial charge in [-0.3, -0.25) is 4.90 Å². The largest absolute Gasteiger partial charge is 0.506 e. The van der Waals surface area contributed by atoms with Crippen molar-refractivity contribution >= 4 is 24.0 Å². The Morgan fingerprint density at radius 1 is 1.45 bits per heavy atom. The van der Waals surface area contributed by atoms with E-state index >= 15 is 0 Å². The average Bonchev–Trinajstić information content (AvgIpc) is 2.33. The van der Waals surface area contributed by atoms with Gasteiger partial charge in [0.25, 0.3) is 0 Å². The van der Waals surface area contributed by atoms with Gasteiger partial charge in [0.1, 0.15) is 23.7 Å². The molecule has 5 nitrogen and oxygen atoms in total. The van der Waals surface area contributed by atoms with Gasteiger partial charge in [-0.25, -0.2) is 4.79 Å². The van der Waals surface area contributed by atoms with Crippen molar-refractivity contribution in [2.24, 2.45) is 0 Å². The first kappa shape index (κ1) is 16.3. The molecule has 0 bridgehead atoms. The molecule has 1 atom stereocenters. The Kier molecular flexibility index (Phi) is 5.00. The fourth-order valence-electron chi connectivity index (χ4n) is 1.59. The minimum atomic E-state index is -0.969. The van der Waals surface area contributed by atoms with Crippen molar-refractivity contribution in [3.63, 3.8) is 0 Å². The molecule has 0 aliphatic carbocycles. The molecule has 1 unspecified atom stereocenters. The van der Waals surface area contributed by atoms with Crippen molar-refractivity contribution in [2.45, 2.75) is 32.4 Å². The number of hydrogen-bond acceptors (Lipinski definition) is 4. The van der Waals surface area contributed by atoms with Crippen LogP contribution in [-0.2, 0) is 9.53 Å². The maximum Gasteiger partial charge on any atom is 0.410 e. The first-order chi connectivity index (χ1) is 9.17. The van der Waals surface area contributed by atoms with Gasteiger partial charge in [-0.05, 0) is 26.8 Å². The third-order valence-corrected chi connectivity index (χ3v) is 2.87. The number of likely N-dealkylation sites (N-methyl/N-ethyl adjacent to an activating group) is 1. The zero-order chi connectivity index (χ0) is 15.5. The fourth-order valence-corrected chi connectivity index (χ4v) is 1.77. The van der Waals surface area contributed by atoms with E-state index in [-0.39, 0.29) is 16.3 Å². The zero-order valence-corrected chi connectivity index (χ0v) is 12.6. The molecule has 0 spiro atoms. The maximum atomic E-state index is 12.0. The minimum Gasteiger partial charge on any atom is -0.506 e.